The SMILES string of the molecule is CC[C@H](C(=O)OC)n1cnc2sc3c(c2c1=O)CC[C@H](C)C3. The van der Waals surface area contributed by atoms with Crippen molar-refractivity contribution in [1.82, 2.24) is 9.55 Å². The van der Waals surface area contributed by atoms with Crippen LogP contribution in [0.5, 0.6) is 0 Å². The minimum atomic E-state index is -0.604. The maximum absolute atomic E-state index is 12.9. The highest BCUT2D eigenvalue weighted by Crippen LogP contribution is 2.35. The van der Waals surface area contributed by atoms with Crippen molar-refractivity contribution in [2.45, 2.75) is 45.6 Å². The van der Waals surface area contributed by atoms with Gasteiger partial charge in [0.05, 0.1) is 18.8 Å². The average molecular weight is 320 g/mol. The van der Waals surface area contributed by atoms with Crippen LogP contribution >= 0.6 is 11.3 Å². The highest BCUT2D eigenvalue weighted by molar-refractivity contribution is 7.18. The van der Waals surface area contributed by atoms with Crippen molar-refractivity contribution in [2.75, 3.05) is 7.11 Å². The van der Waals surface area contributed by atoms with E-state index in [-0.39, 0.29) is 5.56 Å². The molecular formula is C16H20N2O3S. The molecule has 0 spiro atoms. The molecule has 1 aliphatic rings. The lowest BCUT2D eigenvalue weighted by Gasteiger charge is -2.18. The first-order valence-corrected chi connectivity index (χ1v) is 8.47. The Hall–Kier alpha value is -1.69. The number of methoxy groups -OCH3 is 1. The Bertz CT molecular complexity index is 778. The van der Waals surface area contributed by atoms with Crippen molar-refractivity contribution < 1.29 is 9.53 Å². The predicted molar refractivity (Wildman–Crippen MR) is 86.4 cm³/mol. The second-order valence-electron chi connectivity index (χ2n) is 5.94. The van der Waals surface area contributed by atoms with E-state index in [2.05, 4.69) is 11.9 Å². The highest BCUT2D eigenvalue weighted by Gasteiger charge is 2.26. The molecule has 0 fully saturated rings. The smallest absolute Gasteiger partial charge is 0.329 e. The number of thiophene rings is 1. The molecule has 0 unspecified atom stereocenters. The Morgan fingerprint density at radius 1 is 1.59 bits per heavy atom. The first-order valence-electron chi connectivity index (χ1n) is 7.66. The number of hydrogen-bond acceptors (Lipinski definition) is 5. The topological polar surface area (TPSA) is 61.2 Å². The molecule has 2 atom stereocenters. The minimum absolute atomic E-state index is 0.116. The number of fused-ring (bicyclic) bond motifs is 3. The number of nitrogens with zero attached hydrogens (tertiary/aromatic N) is 2. The molecule has 2 aromatic rings. The summed E-state index contributed by atoms with van der Waals surface area (Å²) in [5, 5.41) is 0.705. The van der Waals surface area contributed by atoms with E-state index in [0.717, 1.165) is 29.7 Å². The van der Waals surface area contributed by atoms with Crippen LogP contribution < -0.4 is 5.56 Å². The standard InChI is InChI=1S/C16H20N2O3S/c1-4-11(16(20)21-3)18-8-17-14-13(15(18)19)10-6-5-9(2)7-12(10)22-14/h8-9,11H,4-7H2,1-3H3/t9-,11+/m0/s1. The fourth-order valence-corrected chi connectivity index (χ4v) is 4.52. The van der Waals surface area contributed by atoms with Crippen molar-refractivity contribution >= 4 is 27.5 Å². The number of rotatable bonds is 3. The number of carbonyl (C=O) groups is 1. The number of esters is 1. The molecule has 0 saturated carbocycles. The lowest BCUT2D eigenvalue weighted by molar-refractivity contribution is -0.144. The van der Waals surface area contributed by atoms with Gasteiger partial charge in [-0.3, -0.25) is 9.36 Å². The Kier molecular flexibility index (Phi) is 4.04. The van der Waals surface area contributed by atoms with Crippen LogP contribution in [-0.4, -0.2) is 22.6 Å². The van der Waals surface area contributed by atoms with Gasteiger partial charge in [0, 0.05) is 4.88 Å². The number of aryl methyl sites for hydroxylation is 1. The molecule has 0 aliphatic heterocycles. The van der Waals surface area contributed by atoms with Crippen LogP contribution in [0.4, 0.5) is 0 Å². The van der Waals surface area contributed by atoms with Crippen LogP contribution in [0, 0.1) is 5.92 Å². The lowest BCUT2D eigenvalue weighted by atomic mass is 9.89. The van der Waals surface area contributed by atoms with Crippen molar-refractivity contribution in [1.29, 1.82) is 0 Å². The van der Waals surface area contributed by atoms with Crippen molar-refractivity contribution in [3.8, 4) is 0 Å². The summed E-state index contributed by atoms with van der Waals surface area (Å²) in [6, 6.07) is -0.604. The fraction of sp³-hybridized carbons (Fsp3) is 0.562. The van der Waals surface area contributed by atoms with Gasteiger partial charge in [-0.1, -0.05) is 13.8 Å². The first-order chi connectivity index (χ1) is 10.6. The maximum atomic E-state index is 12.9. The molecule has 0 bridgehead atoms. The van der Waals surface area contributed by atoms with Crippen LogP contribution in [0.15, 0.2) is 11.1 Å². The molecule has 2 heterocycles. The second-order valence-corrected chi connectivity index (χ2v) is 7.02. The largest absolute Gasteiger partial charge is 0.467 e. The van der Waals surface area contributed by atoms with E-state index in [4.69, 9.17) is 4.74 Å². The molecule has 22 heavy (non-hydrogen) atoms. The van der Waals surface area contributed by atoms with Crippen molar-refractivity contribution in [2.24, 2.45) is 5.92 Å². The van der Waals surface area contributed by atoms with E-state index < -0.39 is 12.0 Å². The molecule has 0 N–H and O–H groups in total. The molecule has 2 aromatic heterocycles. The molecule has 1 aliphatic carbocycles. The fourth-order valence-electron chi connectivity index (χ4n) is 3.18. The summed E-state index contributed by atoms with van der Waals surface area (Å²) in [7, 11) is 1.34. The molecule has 0 aromatic carbocycles. The predicted octanol–water partition coefficient (Wildman–Crippen LogP) is 2.71. The van der Waals surface area contributed by atoms with Crippen molar-refractivity contribution in [3.05, 3.63) is 27.1 Å². The normalized spacial score (nSPS) is 19.0. The third-order valence-electron chi connectivity index (χ3n) is 4.44. The summed E-state index contributed by atoms with van der Waals surface area (Å²) in [5.74, 6) is 0.254. The van der Waals surface area contributed by atoms with Gasteiger partial charge in [-0.15, -0.1) is 11.3 Å². The van der Waals surface area contributed by atoms with E-state index in [1.807, 2.05) is 6.92 Å². The molecular weight excluding hydrogens is 300 g/mol. The third-order valence-corrected chi connectivity index (χ3v) is 5.60. The second kappa shape index (κ2) is 5.83. The van der Waals surface area contributed by atoms with Gasteiger partial charge in [-0.05, 0) is 37.2 Å². The van der Waals surface area contributed by atoms with Crippen LogP contribution in [-0.2, 0) is 22.4 Å². The van der Waals surface area contributed by atoms with Gasteiger partial charge in [0.15, 0.2) is 0 Å². The third kappa shape index (κ3) is 2.35. The van der Waals surface area contributed by atoms with E-state index in [1.165, 1.54) is 22.9 Å². The molecule has 0 saturated heterocycles. The Labute approximate surface area is 132 Å². The van der Waals surface area contributed by atoms with Gasteiger partial charge < -0.3 is 4.74 Å². The molecule has 118 valence electrons. The van der Waals surface area contributed by atoms with Crippen LogP contribution in [0.2, 0.25) is 0 Å². The highest BCUT2D eigenvalue weighted by atomic mass is 32.1. The van der Waals surface area contributed by atoms with Gasteiger partial charge in [0.25, 0.3) is 5.56 Å². The Morgan fingerprint density at radius 3 is 3.05 bits per heavy atom. The summed E-state index contributed by atoms with van der Waals surface area (Å²) in [6.07, 6.45) is 5.03. The van der Waals surface area contributed by atoms with Crippen LogP contribution in [0.25, 0.3) is 10.2 Å². The first kappa shape index (κ1) is 15.2. The number of aromatic nitrogens is 2. The molecule has 0 radical (unpaired) electrons. The lowest BCUT2D eigenvalue weighted by Crippen LogP contribution is -2.30. The Balaban J connectivity index is 2.17. The molecule has 0 amide bonds. The summed E-state index contributed by atoms with van der Waals surface area (Å²) in [5.41, 5.74) is 1.03. The zero-order chi connectivity index (χ0) is 15.9. The maximum Gasteiger partial charge on any atom is 0.329 e. The van der Waals surface area contributed by atoms with E-state index in [1.54, 1.807) is 11.3 Å². The van der Waals surface area contributed by atoms with Crippen molar-refractivity contribution in [3.63, 3.8) is 0 Å². The zero-order valence-corrected chi connectivity index (χ0v) is 13.9. The van der Waals surface area contributed by atoms with Gasteiger partial charge in [-0.2, -0.15) is 0 Å². The number of carbonyl (C=O) groups excluding carboxylic acids is 1. The molecule has 3 rings (SSSR count). The Morgan fingerprint density at radius 2 is 2.36 bits per heavy atom. The van der Waals surface area contributed by atoms with Crippen LogP contribution in [0.3, 0.4) is 0 Å². The van der Waals surface area contributed by atoms with E-state index in [0.29, 0.717) is 17.7 Å². The summed E-state index contributed by atoms with van der Waals surface area (Å²) >= 11 is 1.62. The zero-order valence-electron chi connectivity index (χ0n) is 13.1. The minimum Gasteiger partial charge on any atom is -0.467 e. The molecule has 6 heteroatoms. The average Bonchev–Trinajstić information content (AvgIpc) is 2.87. The summed E-state index contributed by atoms with van der Waals surface area (Å²) in [4.78, 5) is 31.3. The van der Waals surface area contributed by atoms with E-state index >= 15 is 0 Å². The van der Waals surface area contributed by atoms with E-state index in [9.17, 15) is 9.59 Å². The number of hydrogen-bond donors (Lipinski definition) is 0. The summed E-state index contributed by atoms with van der Waals surface area (Å²) in [6.45, 7) is 4.10. The van der Waals surface area contributed by atoms with Gasteiger partial charge in [0.2, 0.25) is 0 Å². The number of ether oxygens (including phenoxy) is 1. The van der Waals surface area contributed by atoms with Gasteiger partial charge >= 0.3 is 5.97 Å². The molecule has 5 nitrogen and oxygen atoms in total. The quantitative estimate of drug-likeness (QED) is 0.816. The van der Waals surface area contributed by atoms with Crippen LogP contribution in [0.1, 0.15) is 43.2 Å². The van der Waals surface area contributed by atoms with Gasteiger partial charge in [0.1, 0.15) is 10.9 Å². The summed E-state index contributed by atoms with van der Waals surface area (Å²) < 4.78 is 6.24. The van der Waals surface area contributed by atoms with Gasteiger partial charge in [-0.25, -0.2) is 9.78 Å². The monoisotopic (exact) mass is 320 g/mol.